The number of amides is 1. The molecule has 0 unspecified atom stereocenters. The van der Waals surface area contributed by atoms with Crippen LogP contribution in [0.3, 0.4) is 0 Å². The zero-order chi connectivity index (χ0) is 19.6. The second-order valence-electron chi connectivity index (χ2n) is 7.70. The predicted octanol–water partition coefficient (Wildman–Crippen LogP) is 4.50. The van der Waals surface area contributed by atoms with E-state index < -0.39 is 0 Å². The maximum atomic E-state index is 12.6. The molecule has 0 fully saturated rings. The summed E-state index contributed by atoms with van der Waals surface area (Å²) in [5.74, 6) is 0.743. The lowest BCUT2D eigenvalue weighted by Crippen LogP contribution is -2.24. The summed E-state index contributed by atoms with van der Waals surface area (Å²) in [6.07, 6.45) is 3.45. The minimum atomic E-state index is -0.0986. The molecular weight excluding hydrogens is 338 g/mol. The number of ketones is 1. The Hall–Kier alpha value is -2.56. The Morgan fingerprint density at radius 1 is 1.19 bits per heavy atom. The summed E-state index contributed by atoms with van der Waals surface area (Å²) in [6.45, 7) is 8.17. The molecule has 1 aromatic heterocycles. The van der Waals surface area contributed by atoms with Crippen molar-refractivity contribution in [3.63, 3.8) is 0 Å². The monoisotopic (exact) mass is 365 g/mol. The van der Waals surface area contributed by atoms with Crippen LogP contribution in [0.4, 0.5) is 5.95 Å². The van der Waals surface area contributed by atoms with E-state index in [1.165, 1.54) is 5.56 Å². The van der Waals surface area contributed by atoms with E-state index in [0.717, 1.165) is 17.7 Å². The zero-order valence-corrected chi connectivity index (χ0v) is 16.5. The normalized spacial score (nSPS) is 17.5. The molecule has 1 aromatic carbocycles. The summed E-state index contributed by atoms with van der Waals surface area (Å²) < 4.78 is 0. The molecule has 0 saturated carbocycles. The van der Waals surface area contributed by atoms with Gasteiger partial charge in [0.2, 0.25) is 11.9 Å². The molecule has 2 aromatic rings. The van der Waals surface area contributed by atoms with Gasteiger partial charge in [0, 0.05) is 18.5 Å². The van der Waals surface area contributed by atoms with E-state index >= 15 is 0 Å². The number of nitrogens with zero attached hydrogens (tertiary/aromatic N) is 2. The van der Waals surface area contributed by atoms with E-state index in [-0.39, 0.29) is 29.5 Å². The van der Waals surface area contributed by atoms with Gasteiger partial charge in [0.05, 0.1) is 11.3 Å². The van der Waals surface area contributed by atoms with Crippen molar-refractivity contribution in [1.29, 1.82) is 0 Å². The van der Waals surface area contributed by atoms with Gasteiger partial charge in [-0.1, -0.05) is 52.0 Å². The largest absolute Gasteiger partial charge is 0.294 e. The first-order chi connectivity index (χ1) is 12.9. The second-order valence-corrected chi connectivity index (χ2v) is 7.70. The van der Waals surface area contributed by atoms with Crippen LogP contribution in [-0.4, -0.2) is 21.7 Å². The van der Waals surface area contributed by atoms with Gasteiger partial charge in [-0.3, -0.25) is 14.9 Å². The number of carbonyl (C=O) groups is 2. The van der Waals surface area contributed by atoms with Crippen LogP contribution in [-0.2, 0) is 11.2 Å². The van der Waals surface area contributed by atoms with Crippen LogP contribution in [0.15, 0.2) is 30.5 Å². The zero-order valence-electron chi connectivity index (χ0n) is 16.5. The first-order valence-electron chi connectivity index (χ1n) is 9.68. The molecular formula is C22H27N3O2. The molecule has 1 amide bonds. The number of carbonyl (C=O) groups excluding carboxylic acids is 2. The van der Waals surface area contributed by atoms with Gasteiger partial charge in [0.25, 0.3) is 0 Å². The highest BCUT2D eigenvalue weighted by atomic mass is 16.2. The van der Waals surface area contributed by atoms with Crippen molar-refractivity contribution in [2.45, 2.75) is 58.8 Å². The Balaban J connectivity index is 1.81. The summed E-state index contributed by atoms with van der Waals surface area (Å²) >= 11 is 0. The third kappa shape index (κ3) is 4.24. The fraction of sp³-hybridized carbons (Fsp3) is 0.455. The van der Waals surface area contributed by atoms with Gasteiger partial charge >= 0.3 is 0 Å². The smallest absolute Gasteiger partial charge is 0.229 e. The van der Waals surface area contributed by atoms with Crippen LogP contribution in [0.2, 0.25) is 0 Å². The van der Waals surface area contributed by atoms with Gasteiger partial charge in [0.15, 0.2) is 5.78 Å². The third-order valence-electron chi connectivity index (χ3n) is 5.41. The average molecular weight is 365 g/mol. The number of hydrogen-bond acceptors (Lipinski definition) is 4. The van der Waals surface area contributed by atoms with E-state index in [0.29, 0.717) is 24.3 Å². The lowest BCUT2D eigenvalue weighted by Gasteiger charge is -2.23. The van der Waals surface area contributed by atoms with E-state index in [4.69, 9.17) is 0 Å². The number of rotatable bonds is 5. The molecule has 0 radical (unpaired) electrons. The maximum Gasteiger partial charge on any atom is 0.229 e. The Bertz CT molecular complexity index is 843. The molecule has 1 aliphatic rings. The fourth-order valence-electron chi connectivity index (χ4n) is 3.31. The van der Waals surface area contributed by atoms with Crippen molar-refractivity contribution in [2.75, 3.05) is 5.32 Å². The van der Waals surface area contributed by atoms with Crippen LogP contribution in [0.25, 0.3) is 0 Å². The summed E-state index contributed by atoms with van der Waals surface area (Å²) in [5, 5.41) is 2.76. The van der Waals surface area contributed by atoms with Crippen molar-refractivity contribution < 1.29 is 9.59 Å². The van der Waals surface area contributed by atoms with Crippen molar-refractivity contribution in [1.82, 2.24) is 9.97 Å². The van der Waals surface area contributed by atoms with E-state index in [1.54, 1.807) is 6.20 Å². The van der Waals surface area contributed by atoms with Gasteiger partial charge in [-0.2, -0.15) is 0 Å². The topological polar surface area (TPSA) is 72.0 Å². The standard InChI is InChI=1S/C22H27N3O2/c1-5-14(4)21(27)25-22-23-12-18-19(24-22)10-17(11-20(18)26)16-8-6-15(7-9-16)13(2)3/h6-9,12-14,17H,5,10-11H2,1-4H3,(H,23,24,25,27)/t14-,17+/m1/s1. The molecule has 0 saturated heterocycles. The second kappa shape index (κ2) is 7.99. The first-order valence-corrected chi connectivity index (χ1v) is 9.68. The van der Waals surface area contributed by atoms with Crippen molar-refractivity contribution >= 4 is 17.6 Å². The Kier molecular flexibility index (Phi) is 5.68. The van der Waals surface area contributed by atoms with Crippen molar-refractivity contribution in [2.24, 2.45) is 5.92 Å². The molecule has 1 aliphatic carbocycles. The van der Waals surface area contributed by atoms with Crippen LogP contribution < -0.4 is 5.32 Å². The number of nitrogens with one attached hydrogen (secondary N) is 1. The van der Waals surface area contributed by atoms with Gasteiger partial charge < -0.3 is 0 Å². The molecule has 3 rings (SSSR count). The van der Waals surface area contributed by atoms with Gasteiger partial charge in [0.1, 0.15) is 0 Å². The SMILES string of the molecule is CC[C@@H](C)C(=O)Nc1ncc2c(n1)C[C@H](c1ccc(C(C)C)cc1)CC2=O. The summed E-state index contributed by atoms with van der Waals surface area (Å²) in [5.41, 5.74) is 3.74. The maximum absolute atomic E-state index is 12.6. The molecule has 1 heterocycles. The molecule has 2 atom stereocenters. The minimum Gasteiger partial charge on any atom is -0.294 e. The fourth-order valence-corrected chi connectivity index (χ4v) is 3.31. The quantitative estimate of drug-likeness (QED) is 0.847. The molecule has 27 heavy (non-hydrogen) atoms. The third-order valence-corrected chi connectivity index (χ3v) is 5.41. The van der Waals surface area contributed by atoms with Crippen LogP contribution in [0.1, 0.15) is 79.6 Å². The molecule has 1 N–H and O–H groups in total. The van der Waals surface area contributed by atoms with Crippen LogP contribution >= 0.6 is 0 Å². The number of aromatic nitrogens is 2. The number of hydrogen-bond donors (Lipinski definition) is 1. The molecule has 0 aliphatic heterocycles. The van der Waals surface area contributed by atoms with E-state index in [1.807, 2.05) is 13.8 Å². The van der Waals surface area contributed by atoms with Crippen molar-refractivity contribution in [3.8, 4) is 0 Å². The van der Waals surface area contributed by atoms with E-state index in [9.17, 15) is 9.59 Å². The molecule has 0 spiro atoms. The Morgan fingerprint density at radius 2 is 1.89 bits per heavy atom. The summed E-state index contributed by atoms with van der Waals surface area (Å²) in [6, 6.07) is 8.51. The molecule has 142 valence electrons. The first kappa shape index (κ1) is 19.2. The number of benzene rings is 1. The average Bonchev–Trinajstić information content (AvgIpc) is 2.67. The van der Waals surface area contributed by atoms with Crippen LogP contribution in [0, 0.1) is 5.92 Å². The van der Waals surface area contributed by atoms with Crippen molar-refractivity contribution in [3.05, 3.63) is 52.8 Å². The summed E-state index contributed by atoms with van der Waals surface area (Å²) in [4.78, 5) is 33.3. The van der Waals surface area contributed by atoms with Crippen LogP contribution in [0.5, 0.6) is 0 Å². The lowest BCUT2D eigenvalue weighted by molar-refractivity contribution is -0.119. The summed E-state index contributed by atoms with van der Waals surface area (Å²) in [7, 11) is 0. The highest BCUT2D eigenvalue weighted by Crippen LogP contribution is 2.32. The van der Waals surface area contributed by atoms with Gasteiger partial charge in [-0.05, 0) is 35.8 Å². The molecule has 5 heteroatoms. The Morgan fingerprint density at radius 3 is 2.52 bits per heavy atom. The number of Topliss-reactive ketones (excluding diaryl/α,β-unsaturated/α-hetero) is 1. The number of anilines is 1. The predicted molar refractivity (Wildman–Crippen MR) is 106 cm³/mol. The van der Waals surface area contributed by atoms with Gasteiger partial charge in [-0.25, -0.2) is 9.97 Å². The minimum absolute atomic E-state index is 0.0639. The van der Waals surface area contributed by atoms with Gasteiger partial charge in [-0.15, -0.1) is 0 Å². The molecule has 5 nitrogen and oxygen atoms in total. The highest BCUT2D eigenvalue weighted by molar-refractivity contribution is 5.99. The highest BCUT2D eigenvalue weighted by Gasteiger charge is 2.28. The molecule has 0 bridgehead atoms. The Labute approximate surface area is 160 Å². The van der Waals surface area contributed by atoms with E-state index in [2.05, 4.69) is 53.4 Å². The number of fused-ring (bicyclic) bond motifs is 1. The lowest BCUT2D eigenvalue weighted by atomic mass is 9.81.